The highest BCUT2D eigenvalue weighted by molar-refractivity contribution is 5.51. The van der Waals surface area contributed by atoms with E-state index < -0.39 is 10.7 Å². The van der Waals surface area contributed by atoms with Crippen LogP contribution in [-0.2, 0) is 6.54 Å². The van der Waals surface area contributed by atoms with Crippen molar-refractivity contribution in [2.45, 2.75) is 6.54 Å². The van der Waals surface area contributed by atoms with Gasteiger partial charge in [0.2, 0.25) is 0 Å². The van der Waals surface area contributed by atoms with E-state index in [1.54, 1.807) is 6.07 Å². The highest BCUT2D eigenvalue weighted by Gasteiger charge is 2.09. The molecule has 2 aromatic rings. The molecule has 0 saturated carbocycles. The Balaban J connectivity index is 2.13. The Morgan fingerprint density at radius 3 is 2.94 bits per heavy atom. The van der Waals surface area contributed by atoms with E-state index in [4.69, 9.17) is 0 Å². The van der Waals surface area contributed by atoms with Gasteiger partial charge in [0.25, 0.3) is 5.69 Å². The first-order valence-electron chi connectivity index (χ1n) is 4.73. The lowest BCUT2D eigenvalue weighted by atomic mass is 10.2. The zero-order valence-corrected chi connectivity index (χ0v) is 8.59. The average molecular weight is 237 g/mol. The van der Waals surface area contributed by atoms with Crippen LogP contribution >= 0.6 is 0 Å². The fourth-order valence-corrected chi connectivity index (χ4v) is 1.30. The topological polar surface area (TPSA) is 81.2 Å². The minimum atomic E-state index is -0.665. The number of nitro benzene ring substituents is 1. The van der Waals surface area contributed by atoms with Crippen molar-refractivity contribution in [3.05, 3.63) is 52.2 Å². The van der Waals surface area contributed by atoms with Gasteiger partial charge in [-0.2, -0.15) is 0 Å². The number of nitro groups is 1. The Labute approximate surface area is 95.2 Å². The molecule has 0 unspecified atom stereocenters. The lowest BCUT2D eigenvalue weighted by Crippen LogP contribution is -2.01. The Bertz CT molecular complexity index is 528. The van der Waals surface area contributed by atoms with Crippen LogP contribution in [0.4, 0.5) is 15.8 Å². The molecule has 1 aromatic heterocycles. The molecular formula is C10H8FN3O3. The van der Waals surface area contributed by atoms with E-state index in [1.165, 1.54) is 18.4 Å². The van der Waals surface area contributed by atoms with E-state index in [-0.39, 0.29) is 5.69 Å². The maximum absolute atomic E-state index is 13.1. The molecule has 0 spiro atoms. The molecule has 1 aromatic carbocycles. The summed E-state index contributed by atoms with van der Waals surface area (Å²) in [7, 11) is 0. The van der Waals surface area contributed by atoms with Gasteiger partial charge >= 0.3 is 0 Å². The molecule has 88 valence electrons. The SMILES string of the molecule is O=[N+]([O-])c1cc(F)cc(NCc2ccon2)c1. The lowest BCUT2D eigenvalue weighted by Gasteiger charge is -2.03. The monoisotopic (exact) mass is 237 g/mol. The molecule has 0 fully saturated rings. The number of anilines is 1. The number of nitrogens with zero attached hydrogens (tertiary/aromatic N) is 2. The number of hydrogen-bond donors (Lipinski definition) is 1. The lowest BCUT2D eigenvalue weighted by molar-refractivity contribution is -0.385. The van der Waals surface area contributed by atoms with Crippen molar-refractivity contribution in [3.8, 4) is 0 Å². The van der Waals surface area contributed by atoms with Crippen LogP contribution in [0.2, 0.25) is 0 Å². The fraction of sp³-hybridized carbons (Fsp3) is 0.100. The number of non-ortho nitro benzene ring substituents is 1. The highest BCUT2D eigenvalue weighted by Crippen LogP contribution is 2.20. The molecule has 0 bridgehead atoms. The molecule has 1 N–H and O–H groups in total. The number of halogens is 1. The summed E-state index contributed by atoms with van der Waals surface area (Å²) in [6.45, 7) is 0.303. The van der Waals surface area contributed by atoms with Gasteiger partial charge in [0.1, 0.15) is 17.8 Å². The minimum Gasteiger partial charge on any atom is -0.379 e. The molecule has 0 atom stereocenters. The third-order valence-corrected chi connectivity index (χ3v) is 2.06. The van der Waals surface area contributed by atoms with Crippen LogP contribution in [0.25, 0.3) is 0 Å². The van der Waals surface area contributed by atoms with Gasteiger partial charge in [-0.1, -0.05) is 5.16 Å². The first-order valence-corrected chi connectivity index (χ1v) is 4.73. The normalized spacial score (nSPS) is 10.2. The van der Waals surface area contributed by atoms with Crippen LogP contribution in [0.15, 0.2) is 35.1 Å². The van der Waals surface area contributed by atoms with Crippen molar-refractivity contribution in [2.75, 3.05) is 5.32 Å². The highest BCUT2D eigenvalue weighted by atomic mass is 19.1. The number of benzene rings is 1. The zero-order chi connectivity index (χ0) is 12.3. The third-order valence-electron chi connectivity index (χ3n) is 2.06. The minimum absolute atomic E-state index is 0.298. The Morgan fingerprint density at radius 1 is 1.47 bits per heavy atom. The van der Waals surface area contributed by atoms with E-state index >= 15 is 0 Å². The summed E-state index contributed by atoms with van der Waals surface area (Å²) in [5.41, 5.74) is 0.643. The summed E-state index contributed by atoms with van der Waals surface area (Å²) >= 11 is 0. The largest absolute Gasteiger partial charge is 0.379 e. The molecule has 0 aliphatic rings. The van der Waals surface area contributed by atoms with E-state index in [2.05, 4.69) is 15.0 Å². The predicted molar refractivity (Wildman–Crippen MR) is 56.9 cm³/mol. The van der Waals surface area contributed by atoms with Crippen LogP contribution < -0.4 is 5.32 Å². The van der Waals surface area contributed by atoms with Gasteiger partial charge < -0.3 is 9.84 Å². The van der Waals surface area contributed by atoms with Crippen LogP contribution in [0.1, 0.15) is 5.69 Å². The second-order valence-electron chi connectivity index (χ2n) is 3.30. The average Bonchev–Trinajstić information content (AvgIpc) is 2.78. The first kappa shape index (κ1) is 11.1. The molecule has 17 heavy (non-hydrogen) atoms. The van der Waals surface area contributed by atoms with E-state index in [0.717, 1.165) is 6.07 Å². The van der Waals surface area contributed by atoms with Crippen molar-refractivity contribution < 1.29 is 13.8 Å². The smallest absolute Gasteiger partial charge is 0.274 e. The van der Waals surface area contributed by atoms with Gasteiger partial charge in [-0.25, -0.2) is 4.39 Å². The third kappa shape index (κ3) is 2.77. The standard InChI is InChI=1S/C10H8FN3O3/c11-7-3-9(5-10(4-7)14(15)16)12-6-8-1-2-17-13-8/h1-5,12H,6H2. The van der Waals surface area contributed by atoms with Gasteiger partial charge in [0.05, 0.1) is 17.5 Å². The first-order chi connectivity index (χ1) is 8.15. The van der Waals surface area contributed by atoms with Crippen molar-refractivity contribution in [3.63, 3.8) is 0 Å². The summed E-state index contributed by atoms with van der Waals surface area (Å²) in [6.07, 6.45) is 1.41. The molecule has 0 amide bonds. The van der Waals surface area contributed by atoms with Gasteiger partial charge in [-0.3, -0.25) is 10.1 Å². The van der Waals surface area contributed by atoms with Crippen LogP contribution in [0.5, 0.6) is 0 Å². The maximum atomic E-state index is 13.1. The van der Waals surface area contributed by atoms with Crippen LogP contribution in [0.3, 0.4) is 0 Å². The molecule has 0 radical (unpaired) electrons. The van der Waals surface area contributed by atoms with E-state index in [1.807, 2.05) is 0 Å². The van der Waals surface area contributed by atoms with Gasteiger partial charge in [-0.15, -0.1) is 0 Å². The Hall–Kier alpha value is -2.44. The second kappa shape index (κ2) is 4.60. The maximum Gasteiger partial charge on any atom is 0.274 e. The number of nitrogens with one attached hydrogen (secondary N) is 1. The number of aromatic nitrogens is 1. The predicted octanol–water partition coefficient (Wildman–Crippen LogP) is 2.33. The molecular weight excluding hydrogens is 229 g/mol. The van der Waals surface area contributed by atoms with Crippen LogP contribution in [0, 0.1) is 15.9 Å². The summed E-state index contributed by atoms with van der Waals surface area (Å²) in [4.78, 5) is 9.87. The van der Waals surface area contributed by atoms with Crippen molar-refractivity contribution >= 4 is 11.4 Å². The molecule has 2 rings (SSSR count). The van der Waals surface area contributed by atoms with Crippen molar-refractivity contribution in [1.29, 1.82) is 0 Å². The second-order valence-corrected chi connectivity index (χ2v) is 3.30. The number of rotatable bonds is 4. The summed E-state index contributed by atoms with van der Waals surface area (Å²) < 4.78 is 17.7. The fourth-order valence-electron chi connectivity index (χ4n) is 1.30. The summed E-state index contributed by atoms with van der Waals surface area (Å²) in [6, 6.07) is 4.93. The van der Waals surface area contributed by atoms with E-state index in [0.29, 0.717) is 17.9 Å². The molecule has 1 heterocycles. The number of hydrogen-bond acceptors (Lipinski definition) is 5. The van der Waals surface area contributed by atoms with Gasteiger partial charge in [0.15, 0.2) is 0 Å². The Morgan fingerprint density at radius 2 is 2.29 bits per heavy atom. The summed E-state index contributed by atoms with van der Waals surface area (Å²) in [5, 5.41) is 17.0. The quantitative estimate of drug-likeness (QED) is 0.651. The van der Waals surface area contributed by atoms with E-state index in [9.17, 15) is 14.5 Å². The van der Waals surface area contributed by atoms with Crippen LogP contribution in [-0.4, -0.2) is 10.1 Å². The van der Waals surface area contributed by atoms with Crippen molar-refractivity contribution in [2.24, 2.45) is 0 Å². The van der Waals surface area contributed by atoms with Gasteiger partial charge in [0, 0.05) is 17.8 Å². The van der Waals surface area contributed by atoms with Gasteiger partial charge in [-0.05, 0) is 6.07 Å². The van der Waals surface area contributed by atoms with Crippen molar-refractivity contribution in [1.82, 2.24) is 5.16 Å². The Kier molecular flexibility index (Phi) is 2.99. The molecule has 0 aliphatic carbocycles. The molecule has 7 heteroatoms. The molecule has 6 nitrogen and oxygen atoms in total. The molecule has 0 saturated heterocycles. The molecule has 0 aliphatic heterocycles. The zero-order valence-electron chi connectivity index (χ0n) is 8.59. The summed E-state index contributed by atoms with van der Waals surface area (Å²) in [5.74, 6) is -0.665.